The van der Waals surface area contributed by atoms with Crippen molar-refractivity contribution in [2.75, 3.05) is 11.9 Å². The molecule has 3 aromatic rings. The molecule has 2 aromatic carbocycles. The lowest BCUT2D eigenvalue weighted by molar-refractivity contribution is -0.116. The van der Waals surface area contributed by atoms with E-state index in [4.69, 9.17) is 0 Å². The second-order valence-corrected chi connectivity index (χ2v) is 8.36. The molecule has 31 heavy (non-hydrogen) atoms. The number of pyridine rings is 1. The van der Waals surface area contributed by atoms with E-state index >= 15 is 0 Å². The minimum absolute atomic E-state index is 0.0483. The summed E-state index contributed by atoms with van der Waals surface area (Å²) in [5.74, 6) is -0.667. The Morgan fingerprint density at radius 1 is 0.903 bits per heavy atom. The molecule has 2 amide bonds. The Labute approximate surface area is 180 Å². The molecule has 9 heteroatoms. The van der Waals surface area contributed by atoms with E-state index in [1.807, 2.05) is 12.1 Å². The van der Waals surface area contributed by atoms with Gasteiger partial charge in [-0.3, -0.25) is 14.6 Å². The number of aromatic nitrogens is 1. The number of anilines is 1. The number of carbonyl (C=O) groups excluding carboxylic acids is 2. The quantitative estimate of drug-likeness (QED) is 0.474. The highest BCUT2D eigenvalue weighted by Gasteiger charge is 2.14. The molecule has 3 rings (SSSR count). The number of nitrogens with one attached hydrogen (secondary N) is 3. The number of benzene rings is 2. The zero-order chi connectivity index (χ0) is 22.1. The van der Waals surface area contributed by atoms with Crippen molar-refractivity contribution in [3.8, 4) is 0 Å². The van der Waals surface area contributed by atoms with Crippen LogP contribution in [0.2, 0.25) is 0 Å². The highest BCUT2D eigenvalue weighted by Crippen LogP contribution is 2.12. The summed E-state index contributed by atoms with van der Waals surface area (Å²) in [4.78, 5) is 28.8. The predicted molar refractivity (Wildman–Crippen MR) is 117 cm³/mol. The molecule has 0 radical (unpaired) electrons. The number of sulfonamides is 1. The molecule has 0 bridgehead atoms. The number of amides is 2. The van der Waals surface area contributed by atoms with E-state index in [2.05, 4.69) is 20.3 Å². The van der Waals surface area contributed by atoms with Crippen molar-refractivity contribution in [1.29, 1.82) is 0 Å². The largest absolute Gasteiger partial charge is 0.346 e. The Morgan fingerprint density at radius 3 is 2.42 bits per heavy atom. The van der Waals surface area contributed by atoms with Gasteiger partial charge >= 0.3 is 0 Å². The van der Waals surface area contributed by atoms with Crippen molar-refractivity contribution >= 4 is 27.5 Å². The lowest BCUT2D eigenvalue weighted by Crippen LogP contribution is -2.28. The fourth-order valence-electron chi connectivity index (χ4n) is 2.72. The second kappa shape index (κ2) is 10.5. The third kappa shape index (κ3) is 6.73. The smallest absolute Gasteiger partial charge is 0.251 e. The van der Waals surface area contributed by atoms with Gasteiger partial charge in [0.25, 0.3) is 5.91 Å². The summed E-state index contributed by atoms with van der Waals surface area (Å²) in [5.41, 5.74) is 1.57. The third-order valence-corrected chi connectivity index (χ3v) is 5.74. The minimum Gasteiger partial charge on any atom is -0.346 e. The van der Waals surface area contributed by atoms with Crippen LogP contribution in [0.1, 0.15) is 22.5 Å². The van der Waals surface area contributed by atoms with Crippen LogP contribution in [0.5, 0.6) is 0 Å². The molecule has 8 nitrogen and oxygen atoms in total. The van der Waals surface area contributed by atoms with E-state index in [-0.39, 0.29) is 36.2 Å². The SMILES string of the molecule is O=C(CCNS(=O)(=O)c1ccccc1)Nc1cccc(C(=O)NCc2ccccn2)c1. The van der Waals surface area contributed by atoms with Crippen molar-refractivity contribution in [1.82, 2.24) is 15.0 Å². The number of rotatable bonds is 9. The molecule has 0 atom stereocenters. The molecule has 3 N–H and O–H groups in total. The average molecular weight is 439 g/mol. The summed E-state index contributed by atoms with van der Waals surface area (Å²) in [7, 11) is -3.66. The molecule has 0 spiro atoms. The molecule has 160 valence electrons. The second-order valence-electron chi connectivity index (χ2n) is 6.59. The van der Waals surface area contributed by atoms with Gasteiger partial charge in [-0.15, -0.1) is 0 Å². The molecule has 1 heterocycles. The summed E-state index contributed by atoms with van der Waals surface area (Å²) in [5, 5.41) is 5.44. The van der Waals surface area contributed by atoms with E-state index in [1.54, 1.807) is 54.7 Å². The van der Waals surface area contributed by atoms with E-state index in [0.717, 1.165) is 5.69 Å². The van der Waals surface area contributed by atoms with Crippen LogP contribution in [0, 0.1) is 0 Å². The van der Waals surface area contributed by atoms with E-state index in [0.29, 0.717) is 11.3 Å². The predicted octanol–water partition coefficient (Wildman–Crippen LogP) is 2.32. The summed E-state index contributed by atoms with van der Waals surface area (Å²) in [6, 6.07) is 19.9. The first-order chi connectivity index (χ1) is 14.9. The number of hydrogen-bond donors (Lipinski definition) is 3. The van der Waals surface area contributed by atoms with Gasteiger partial charge < -0.3 is 10.6 Å². The molecule has 0 fully saturated rings. The fraction of sp³-hybridized carbons (Fsp3) is 0.136. The van der Waals surface area contributed by atoms with Crippen molar-refractivity contribution in [3.05, 3.63) is 90.3 Å². The minimum atomic E-state index is -3.66. The van der Waals surface area contributed by atoms with Crippen molar-refractivity contribution in [2.24, 2.45) is 0 Å². The Morgan fingerprint density at radius 2 is 1.68 bits per heavy atom. The summed E-state index contributed by atoms with van der Waals surface area (Å²) >= 11 is 0. The lowest BCUT2D eigenvalue weighted by atomic mass is 10.2. The third-order valence-electron chi connectivity index (χ3n) is 4.26. The van der Waals surface area contributed by atoms with Gasteiger partial charge in [-0.25, -0.2) is 13.1 Å². The van der Waals surface area contributed by atoms with Crippen LogP contribution in [-0.2, 0) is 21.4 Å². The van der Waals surface area contributed by atoms with Gasteiger partial charge in [0, 0.05) is 30.4 Å². The van der Waals surface area contributed by atoms with Gasteiger partial charge in [0.1, 0.15) is 0 Å². The fourth-order valence-corrected chi connectivity index (χ4v) is 3.77. The highest BCUT2D eigenvalue weighted by atomic mass is 32.2. The molecule has 0 aliphatic heterocycles. The van der Waals surface area contributed by atoms with Crippen LogP contribution >= 0.6 is 0 Å². The van der Waals surface area contributed by atoms with Crippen LogP contribution in [0.25, 0.3) is 0 Å². The number of carbonyl (C=O) groups is 2. The zero-order valence-corrected chi connectivity index (χ0v) is 17.4. The first kappa shape index (κ1) is 22.1. The molecule has 0 unspecified atom stereocenters. The topological polar surface area (TPSA) is 117 Å². The first-order valence-corrected chi connectivity index (χ1v) is 11.0. The molecule has 1 aromatic heterocycles. The van der Waals surface area contributed by atoms with Crippen molar-refractivity contribution in [3.63, 3.8) is 0 Å². The first-order valence-electron chi connectivity index (χ1n) is 9.57. The van der Waals surface area contributed by atoms with Gasteiger partial charge in [0.15, 0.2) is 0 Å². The number of nitrogens with zero attached hydrogens (tertiary/aromatic N) is 1. The van der Waals surface area contributed by atoms with E-state index < -0.39 is 10.0 Å². The Hall–Kier alpha value is -3.56. The van der Waals surface area contributed by atoms with Crippen LogP contribution in [0.4, 0.5) is 5.69 Å². The van der Waals surface area contributed by atoms with Crippen molar-refractivity contribution < 1.29 is 18.0 Å². The van der Waals surface area contributed by atoms with Crippen LogP contribution in [0.15, 0.2) is 83.9 Å². The van der Waals surface area contributed by atoms with Crippen LogP contribution in [-0.4, -0.2) is 31.8 Å². The molecule has 0 saturated heterocycles. The Bertz CT molecular complexity index is 1140. The molecular formula is C22H22N4O4S. The maximum atomic E-state index is 12.3. The molecule has 0 aliphatic carbocycles. The Kier molecular flexibility index (Phi) is 7.47. The number of hydrogen-bond acceptors (Lipinski definition) is 5. The summed E-state index contributed by atoms with van der Waals surface area (Å²) in [6.07, 6.45) is 1.60. The zero-order valence-electron chi connectivity index (χ0n) is 16.6. The standard InChI is InChI=1S/C22H22N4O4S/c27-21(12-14-25-31(29,30)20-10-2-1-3-11-20)26-18-9-6-7-17(15-18)22(28)24-16-19-8-4-5-13-23-19/h1-11,13,15,25H,12,14,16H2,(H,24,28)(H,26,27). The van der Waals surface area contributed by atoms with Gasteiger partial charge in [0.05, 0.1) is 17.1 Å². The molecule has 0 saturated carbocycles. The van der Waals surface area contributed by atoms with E-state index in [1.165, 1.54) is 12.1 Å². The molecular weight excluding hydrogens is 416 g/mol. The summed E-state index contributed by atoms with van der Waals surface area (Å²) < 4.78 is 26.7. The lowest BCUT2D eigenvalue weighted by Gasteiger charge is -2.09. The monoisotopic (exact) mass is 438 g/mol. The van der Waals surface area contributed by atoms with Gasteiger partial charge in [-0.2, -0.15) is 0 Å². The molecule has 0 aliphatic rings. The maximum Gasteiger partial charge on any atom is 0.251 e. The Balaban J connectivity index is 1.49. The normalized spacial score (nSPS) is 11.0. The van der Waals surface area contributed by atoms with Crippen molar-refractivity contribution in [2.45, 2.75) is 17.9 Å². The summed E-state index contributed by atoms with van der Waals surface area (Å²) in [6.45, 7) is 0.241. The van der Waals surface area contributed by atoms with E-state index in [9.17, 15) is 18.0 Å². The highest BCUT2D eigenvalue weighted by molar-refractivity contribution is 7.89. The van der Waals surface area contributed by atoms with Gasteiger partial charge in [-0.05, 0) is 42.5 Å². The van der Waals surface area contributed by atoms with Crippen LogP contribution < -0.4 is 15.4 Å². The van der Waals surface area contributed by atoms with Gasteiger partial charge in [0.2, 0.25) is 15.9 Å². The van der Waals surface area contributed by atoms with Crippen LogP contribution in [0.3, 0.4) is 0 Å². The average Bonchev–Trinajstić information content (AvgIpc) is 2.79. The van der Waals surface area contributed by atoms with Gasteiger partial charge in [-0.1, -0.05) is 30.3 Å². The maximum absolute atomic E-state index is 12.3.